The molecule has 1 aliphatic heterocycles. The van der Waals surface area contributed by atoms with Gasteiger partial charge in [0.15, 0.2) is 0 Å². The normalized spacial score (nSPS) is 33.1. The summed E-state index contributed by atoms with van der Waals surface area (Å²) in [5.41, 5.74) is 3.33. The van der Waals surface area contributed by atoms with Gasteiger partial charge in [0.25, 0.3) is 5.91 Å². The van der Waals surface area contributed by atoms with Gasteiger partial charge < -0.3 is 10.0 Å². The van der Waals surface area contributed by atoms with Crippen LogP contribution in [0.5, 0.6) is 5.75 Å². The van der Waals surface area contributed by atoms with Crippen LogP contribution in [0.2, 0.25) is 0 Å². The fourth-order valence-electron chi connectivity index (χ4n) is 5.19. The van der Waals surface area contributed by atoms with Crippen molar-refractivity contribution in [3.63, 3.8) is 0 Å². The monoisotopic (exact) mass is 306 g/mol. The van der Waals surface area contributed by atoms with Gasteiger partial charge in [-0.15, -0.1) is 0 Å². The summed E-state index contributed by atoms with van der Waals surface area (Å²) in [6, 6.07) is 9.98. The first kappa shape index (κ1) is 13.1. The van der Waals surface area contributed by atoms with E-state index in [2.05, 4.69) is 16.8 Å². The molecule has 0 spiro atoms. The summed E-state index contributed by atoms with van der Waals surface area (Å²) in [5, 5.41) is 9.83. The molecule has 23 heavy (non-hydrogen) atoms. The molecule has 116 valence electrons. The summed E-state index contributed by atoms with van der Waals surface area (Å²) in [4.78, 5) is 19.0. The fraction of sp³-hybridized carbons (Fsp3) is 0.368. The maximum Gasteiger partial charge on any atom is 0.255 e. The number of aromatic nitrogens is 1. The number of amides is 1. The fourth-order valence-corrected chi connectivity index (χ4v) is 5.19. The molecule has 1 saturated heterocycles. The zero-order chi connectivity index (χ0) is 15.8. The number of carbonyl (C=O) groups excluding carboxylic acids is 1. The van der Waals surface area contributed by atoms with Gasteiger partial charge in [-0.05, 0) is 48.2 Å². The van der Waals surface area contributed by atoms with Crippen LogP contribution in [0.3, 0.4) is 0 Å². The largest absolute Gasteiger partial charge is 0.508 e. The number of pyridine rings is 1. The van der Waals surface area contributed by atoms with E-state index >= 15 is 0 Å². The molecule has 2 heterocycles. The van der Waals surface area contributed by atoms with E-state index in [0.29, 0.717) is 23.3 Å². The molecule has 1 saturated carbocycles. The number of phenolic OH excluding ortho intramolecular Hbond substituents is 1. The molecule has 4 heteroatoms. The third kappa shape index (κ3) is 1.51. The molecule has 1 aromatic carbocycles. The van der Waals surface area contributed by atoms with Crippen LogP contribution in [0.1, 0.15) is 34.8 Å². The molecule has 4 atom stereocenters. The van der Waals surface area contributed by atoms with Crippen molar-refractivity contribution in [2.75, 3.05) is 0 Å². The number of fused-ring (bicyclic) bond motifs is 2. The lowest BCUT2D eigenvalue weighted by Gasteiger charge is -2.72. The lowest BCUT2D eigenvalue weighted by atomic mass is 9.43. The first-order valence-corrected chi connectivity index (χ1v) is 8.15. The number of phenols is 1. The third-order valence-corrected chi connectivity index (χ3v) is 6.19. The Morgan fingerprint density at radius 2 is 2.22 bits per heavy atom. The topological polar surface area (TPSA) is 53.4 Å². The number of benzene rings is 1. The molecule has 1 aromatic heterocycles. The molecule has 2 aliphatic carbocycles. The maximum absolute atomic E-state index is 12.8. The van der Waals surface area contributed by atoms with Crippen molar-refractivity contribution in [2.45, 2.75) is 37.3 Å². The highest BCUT2D eigenvalue weighted by Gasteiger charge is 2.69. The smallest absolute Gasteiger partial charge is 0.255 e. The zero-order valence-corrected chi connectivity index (χ0v) is 12.9. The first-order valence-electron chi connectivity index (χ1n) is 8.15. The minimum atomic E-state index is 0.105. The van der Waals surface area contributed by atoms with Gasteiger partial charge in [0.2, 0.25) is 0 Å². The molecule has 1 amide bonds. The number of aromatic hydroxyl groups is 1. The Bertz CT molecular complexity index is 819. The van der Waals surface area contributed by atoms with Crippen LogP contribution >= 0.6 is 0 Å². The molecule has 1 unspecified atom stereocenters. The summed E-state index contributed by atoms with van der Waals surface area (Å²) in [6.07, 6.45) is 5.22. The van der Waals surface area contributed by atoms with Crippen molar-refractivity contribution in [1.82, 2.24) is 9.88 Å². The number of rotatable bonds is 1. The minimum Gasteiger partial charge on any atom is -0.508 e. The highest BCUT2D eigenvalue weighted by atomic mass is 16.3. The van der Waals surface area contributed by atoms with Crippen molar-refractivity contribution in [3.05, 3.63) is 59.4 Å². The quantitative estimate of drug-likeness (QED) is 0.881. The van der Waals surface area contributed by atoms with Crippen LogP contribution in [0.4, 0.5) is 0 Å². The van der Waals surface area contributed by atoms with Gasteiger partial charge in [0.1, 0.15) is 5.75 Å². The standard InChI is InChI=1S/C19H18N2O2/c1-19-9-16-17(19)15(7-11-4-5-13(22)8-14(11)19)21(16)18(23)12-3-2-6-20-10-12/h2-6,8,10,15-17,22H,7,9H2,1H3/t15-,16?,17-,19+/m1/s1. The van der Waals surface area contributed by atoms with Crippen molar-refractivity contribution in [2.24, 2.45) is 5.92 Å². The summed E-state index contributed by atoms with van der Waals surface area (Å²) >= 11 is 0. The minimum absolute atomic E-state index is 0.105. The highest BCUT2D eigenvalue weighted by molar-refractivity contribution is 5.95. The van der Waals surface area contributed by atoms with Crippen LogP contribution in [0.15, 0.2) is 42.7 Å². The molecule has 1 N–H and O–H groups in total. The number of likely N-dealkylation sites (tertiary alicyclic amines) is 1. The van der Waals surface area contributed by atoms with Crippen molar-refractivity contribution in [3.8, 4) is 5.75 Å². The van der Waals surface area contributed by atoms with Gasteiger partial charge in [-0.25, -0.2) is 0 Å². The number of piperidine rings is 1. The number of hydrogen-bond donors (Lipinski definition) is 1. The van der Waals surface area contributed by atoms with Gasteiger partial charge in [-0.2, -0.15) is 0 Å². The summed E-state index contributed by atoms with van der Waals surface area (Å²) < 4.78 is 0. The van der Waals surface area contributed by atoms with Crippen molar-refractivity contribution >= 4 is 5.91 Å². The number of nitrogens with zero attached hydrogens (tertiary/aromatic N) is 2. The molecule has 2 fully saturated rings. The van der Waals surface area contributed by atoms with Crippen molar-refractivity contribution in [1.29, 1.82) is 0 Å². The summed E-state index contributed by atoms with van der Waals surface area (Å²) in [7, 11) is 0. The average molecular weight is 306 g/mol. The SMILES string of the molecule is C[C@@]12CC3[C@H]1[C@@H](Cc1ccc(O)cc12)N3C(=O)c1cccnc1. The van der Waals surface area contributed by atoms with E-state index in [9.17, 15) is 9.90 Å². The van der Waals surface area contributed by atoms with Crippen LogP contribution in [-0.4, -0.2) is 33.0 Å². The lowest BCUT2D eigenvalue weighted by molar-refractivity contribution is -0.155. The Balaban J connectivity index is 1.52. The molecule has 4 nitrogen and oxygen atoms in total. The van der Waals surface area contributed by atoms with E-state index in [1.54, 1.807) is 18.5 Å². The van der Waals surface area contributed by atoms with E-state index < -0.39 is 0 Å². The zero-order valence-electron chi connectivity index (χ0n) is 12.9. The van der Waals surface area contributed by atoms with Gasteiger partial charge in [0.05, 0.1) is 5.56 Å². The second-order valence-electron chi connectivity index (χ2n) is 7.28. The maximum atomic E-state index is 12.8. The Kier molecular flexibility index (Phi) is 2.36. The Labute approximate surface area is 134 Å². The van der Waals surface area contributed by atoms with Gasteiger partial charge in [0, 0.05) is 35.8 Å². The lowest BCUT2D eigenvalue weighted by Crippen LogP contribution is -2.80. The number of carbonyl (C=O) groups is 1. The molecule has 0 bridgehead atoms. The van der Waals surface area contributed by atoms with Gasteiger partial charge in [-0.1, -0.05) is 13.0 Å². The first-order chi connectivity index (χ1) is 11.1. The number of hydrogen-bond acceptors (Lipinski definition) is 3. The predicted octanol–water partition coefficient (Wildman–Crippen LogP) is 2.51. The van der Waals surface area contributed by atoms with Crippen LogP contribution < -0.4 is 0 Å². The van der Waals surface area contributed by atoms with E-state index in [0.717, 1.165) is 12.8 Å². The Morgan fingerprint density at radius 1 is 1.35 bits per heavy atom. The molecule has 0 radical (unpaired) electrons. The van der Waals surface area contributed by atoms with Gasteiger partial charge in [-0.3, -0.25) is 9.78 Å². The molecular formula is C19H18N2O2. The van der Waals surface area contributed by atoms with Crippen LogP contribution in [0, 0.1) is 5.92 Å². The summed E-state index contributed by atoms with van der Waals surface area (Å²) in [5.74, 6) is 0.973. The highest BCUT2D eigenvalue weighted by Crippen LogP contribution is 2.64. The predicted molar refractivity (Wildman–Crippen MR) is 85.3 cm³/mol. The van der Waals surface area contributed by atoms with E-state index in [-0.39, 0.29) is 17.4 Å². The van der Waals surface area contributed by atoms with Crippen molar-refractivity contribution < 1.29 is 9.90 Å². The second kappa shape index (κ2) is 4.13. The van der Waals surface area contributed by atoms with Crippen LogP contribution in [0.25, 0.3) is 0 Å². The van der Waals surface area contributed by atoms with Crippen LogP contribution in [-0.2, 0) is 11.8 Å². The molecule has 2 aromatic rings. The van der Waals surface area contributed by atoms with Gasteiger partial charge >= 0.3 is 0 Å². The Hall–Kier alpha value is -2.36. The van der Waals surface area contributed by atoms with E-state index in [1.807, 2.05) is 24.3 Å². The molecule has 3 aliphatic rings. The molecule has 5 rings (SSSR count). The second-order valence-corrected chi connectivity index (χ2v) is 7.28. The molecular weight excluding hydrogens is 288 g/mol. The average Bonchev–Trinajstić information content (AvgIpc) is 2.53. The Morgan fingerprint density at radius 3 is 3.00 bits per heavy atom. The van der Waals surface area contributed by atoms with E-state index in [4.69, 9.17) is 0 Å². The third-order valence-electron chi connectivity index (χ3n) is 6.19. The summed E-state index contributed by atoms with van der Waals surface area (Å²) in [6.45, 7) is 2.28. The van der Waals surface area contributed by atoms with E-state index in [1.165, 1.54) is 11.1 Å².